The van der Waals surface area contributed by atoms with Gasteiger partial charge >= 0.3 is 0 Å². The number of nitrogens with one attached hydrogen (secondary N) is 2. The third-order valence-corrected chi connectivity index (χ3v) is 5.66. The summed E-state index contributed by atoms with van der Waals surface area (Å²) in [6.45, 7) is 2.14. The van der Waals surface area contributed by atoms with Crippen LogP contribution in [0, 0.1) is 11.3 Å². The molecule has 0 atom stereocenters. The number of benzene rings is 3. The van der Waals surface area contributed by atoms with Gasteiger partial charge in [0.25, 0.3) is 11.8 Å². The Balaban J connectivity index is 1.69. The maximum absolute atomic E-state index is 12.7. The third kappa shape index (κ3) is 7.75. The first-order chi connectivity index (χ1) is 18.4. The van der Waals surface area contributed by atoms with Gasteiger partial charge in [-0.2, -0.15) is 5.26 Å². The molecule has 0 spiro atoms. The zero-order valence-electron chi connectivity index (χ0n) is 21.0. The number of methoxy groups -OCH3 is 2. The Kier molecular flexibility index (Phi) is 10.1. The predicted octanol–water partition coefficient (Wildman–Crippen LogP) is 5.43. The lowest BCUT2D eigenvalue weighted by atomic mass is 10.1. The van der Waals surface area contributed by atoms with E-state index in [0.29, 0.717) is 51.0 Å². The SMILES string of the molecule is CCOc1ccc(NC(=O)/C(C#N)=C/c2cc(Br)c(OCC(=O)Nc3ccc(OC)cc3)c(OC)c2)cc1. The lowest BCUT2D eigenvalue weighted by Crippen LogP contribution is -2.20. The average molecular weight is 580 g/mol. The Morgan fingerprint density at radius 3 is 2.13 bits per heavy atom. The molecule has 0 radical (unpaired) electrons. The zero-order chi connectivity index (χ0) is 27.5. The Bertz CT molecular complexity index is 1350. The molecule has 0 heterocycles. The summed E-state index contributed by atoms with van der Waals surface area (Å²) in [5.41, 5.74) is 1.52. The van der Waals surface area contributed by atoms with E-state index in [9.17, 15) is 14.9 Å². The topological polar surface area (TPSA) is 119 Å². The van der Waals surface area contributed by atoms with Crippen LogP contribution >= 0.6 is 15.9 Å². The highest BCUT2D eigenvalue weighted by atomic mass is 79.9. The molecule has 10 heteroatoms. The summed E-state index contributed by atoms with van der Waals surface area (Å²) in [5, 5.41) is 15.0. The Morgan fingerprint density at radius 1 is 0.921 bits per heavy atom. The van der Waals surface area contributed by atoms with Gasteiger partial charge in [0.2, 0.25) is 0 Å². The standard InChI is InChI=1S/C28H26BrN3O6/c1-4-37-23-11-7-21(8-12-23)32-28(34)19(16-30)13-18-14-24(29)27(25(15-18)36-3)38-17-26(33)31-20-5-9-22(35-2)10-6-20/h5-15H,4,17H2,1-3H3,(H,31,33)(H,32,34)/b19-13+. The number of halogens is 1. The molecule has 3 aromatic rings. The van der Waals surface area contributed by atoms with E-state index >= 15 is 0 Å². The fourth-order valence-corrected chi connectivity index (χ4v) is 3.86. The molecule has 2 N–H and O–H groups in total. The first-order valence-corrected chi connectivity index (χ1v) is 12.3. The highest BCUT2D eigenvalue weighted by Crippen LogP contribution is 2.37. The molecular formula is C28H26BrN3O6. The van der Waals surface area contributed by atoms with Crippen molar-refractivity contribution in [2.75, 3.05) is 38.1 Å². The van der Waals surface area contributed by atoms with Gasteiger partial charge in [0.1, 0.15) is 23.1 Å². The van der Waals surface area contributed by atoms with Crippen LogP contribution < -0.4 is 29.6 Å². The summed E-state index contributed by atoms with van der Waals surface area (Å²) in [4.78, 5) is 25.0. The van der Waals surface area contributed by atoms with Crippen molar-refractivity contribution in [3.05, 3.63) is 76.3 Å². The number of nitrogens with zero attached hydrogens (tertiary/aromatic N) is 1. The number of hydrogen-bond acceptors (Lipinski definition) is 7. The number of amides is 2. The first kappa shape index (κ1) is 28.1. The molecule has 0 aliphatic heterocycles. The van der Waals surface area contributed by atoms with Crippen molar-refractivity contribution in [1.82, 2.24) is 0 Å². The van der Waals surface area contributed by atoms with Crippen molar-refractivity contribution < 1.29 is 28.5 Å². The number of ether oxygens (including phenoxy) is 4. The molecule has 0 saturated heterocycles. The molecule has 0 saturated carbocycles. The van der Waals surface area contributed by atoms with E-state index in [1.54, 1.807) is 67.8 Å². The summed E-state index contributed by atoms with van der Waals surface area (Å²) in [6.07, 6.45) is 1.43. The number of hydrogen-bond donors (Lipinski definition) is 2. The van der Waals surface area contributed by atoms with Crippen molar-refractivity contribution in [2.45, 2.75) is 6.92 Å². The highest BCUT2D eigenvalue weighted by Gasteiger charge is 2.15. The predicted molar refractivity (Wildman–Crippen MR) is 148 cm³/mol. The second-order valence-electron chi connectivity index (χ2n) is 7.68. The van der Waals surface area contributed by atoms with Gasteiger partial charge in [0.05, 0.1) is 25.3 Å². The Morgan fingerprint density at radius 2 is 1.55 bits per heavy atom. The molecule has 2 amide bonds. The number of anilines is 2. The van der Waals surface area contributed by atoms with Crippen LogP contribution in [0.1, 0.15) is 12.5 Å². The van der Waals surface area contributed by atoms with Crippen molar-refractivity contribution in [3.8, 4) is 29.1 Å². The smallest absolute Gasteiger partial charge is 0.266 e. The van der Waals surface area contributed by atoms with Gasteiger partial charge in [0, 0.05) is 11.4 Å². The molecule has 0 aromatic heterocycles. The summed E-state index contributed by atoms with van der Waals surface area (Å²) in [5.74, 6) is 1.03. The fourth-order valence-electron chi connectivity index (χ4n) is 3.29. The van der Waals surface area contributed by atoms with Gasteiger partial charge in [-0.15, -0.1) is 0 Å². The summed E-state index contributed by atoms with van der Waals surface area (Å²) < 4.78 is 22.1. The summed E-state index contributed by atoms with van der Waals surface area (Å²) in [7, 11) is 3.01. The van der Waals surface area contributed by atoms with Gasteiger partial charge in [-0.1, -0.05) is 0 Å². The fraction of sp³-hybridized carbons (Fsp3) is 0.179. The van der Waals surface area contributed by atoms with Crippen molar-refractivity contribution >= 4 is 45.2 Å². The van der Waals surface area contributed by atoms with Crippen molar-refractivity contribution in [2.24, 2.45) is 0 Å². The minimum atomic E-state index is -0.567. The molecule has 0 bridgehead atoms. The molecule has 0 unspecified atom stereocenters. The minimum absolute atomic E-state index is 0.111. The van der Waals surface area contributed by atoms with E-state index in [4.69, 9.17) is 18.9 Å². The second kappa shape index (κ2) is 13.7. The maximum atomic E-state index is 12.7. The van der Waals surface area contributed by atoms with E-state index in [-0.39, 0.29) is 18.1 Å². The zero-order valence-corrected chi connectivity index (χ0v) is 22.6. The van der Waals surface area contributed by atoms with Crippen molar-refractivity contribution in [1.29, 1.82) is 5.26 Å². The van der Waals surface area contributed by atoms with E-state index in [1.165, 1.54) is 13.2 Å². The normalized spacial score (nSPS) is 10.7. The number of carbonyl (C=O) groups is 2. The molecular weight excluding hydrogens is 554 g/mol. The molecule has 196 valence electrons. The molecule has 3 aromatic carbocycles. The minimum Gasteiger partial charge on any atom is -0.497 e. The Hall–Kier alpha value is -4.49. The third-order valence-electron chi connectivity index (χ3n) is 5.07. The lowest BCUT2D eigenvalue weighted by Gasteiger charge is -2.14. The van der Waals surface area contributed by atoms with E-state index in [1.807, 2.05) is 13.0 Å². The van der Waals surface area contributed by atoms with E-state index < -0.39 is 5.91 Å². The number of rotatable bonds is 11. The van der Waals surface area contributed by atoms with Crippen LogP contribution in [0.25, 0.3) is 6.08 Å². The summed E-state index contributed by atoms with van der Waals surface area (Å²) >= 11 is 3.42. The highest BCUT2D eigenvalue weighted by molar-refractivity contribution is 9.10. The molecule has 0 aliphatic carbocycles. The maximum Gasteiger partial charge on any atom is 0.266 e. The molecule has 9 nitrogen and oxygen atoms in total. The van der Waals surface area contributed by atoms with Crippen LogP contribution in [0.2, 0.25) is 0 Å². The van der Waals surface area contributed by atoms with Gasteiger partial charge in [-0.25, -0.2) is 0 Å². The molecule has 0 aliphatic rings. The monoisotopic (exact) mass is 579 g/mol. The van der Waals surface area contributed by atoms with E-state index in [0.717, 1.165) is 0 Å². The number of carbonyl (C=O) groups excluding carboxylic acids is 2. The van der Waals surface area contributed by atoms with Gasteiger partial charge < -0.3 is 29.6 Å². The second-order valence-corrected chi connectivity index (χ2v) is 8.54. The van der Waals surface area contributed by atoms with Crippen LogP contribution in [0.3, 0.4) is 0 Å². The van der Waals surface area contributed by atoms with Gasteiger partial charge in [-0.3, -0.25) is 9.59 Å². The average Bonchev–Trinajstić information content (AvgIpc) is 2.92. The van der Waals surface area contributed by atoms with Crippen LogP contribution in [-0.2, 0) is 9.59 Å². The van der Waals surface area contributed by atoms with Crippen LogP contribution in [0.4, 0.5) is 11.4 Å². The Labute approximate surface area is 229 Å². The molecule has 38 heavy (non-hydrogen) atoms. The van der Waals surface area contributed by atoms with Crippen LogP contribution in [0.5, 0.6) is 23.0 Å². The quantitative estimate of drug-likeness (QED) is 0.229. The summed E-state index contributed by atoms with van der Waals surface area (Å²) in [6, 6.07) is 18.9. The van der Waals surface area contributed by atoms with Crippen LogP contribution in [0.15, 0.2) is 70.7 Å². The molecule has 3 rings (SSSR count). The lowest BCUT2D eigenvalue weighted by molar-refractivity contribution is -0.118. The molecule has 0 fully saturated rings. The largest absolute Gasteiger partial charge is 0.497 e. The van der Waals surface area contributed by atoms with Gasteiger partial charge in [-0.05, 0) is 95.2 Å². The number of nitriles is 1. The van der Waals surface area contributed by atoms with E-state index in [2.05, 4.69) is 26.6 Å². The van der Waals surface area contributed by atoms with Crippen LogP contribution in [-0.4, -0.2) is 39.2 Å². The van der Waals surface area contributed by atoms with Crippen molar-refractivity contribution in [3.63, 3.8) is 0 Å². The first-order valence-electron chi connectivity index (χ1n) is 11.5. The van der Waals surface area contributed by atoms with Gasteiger partial charge in [0.15, 0.2) is 18.1 Å².